The summed E-state index contributed by atoms with van der Waals surface area (Å²) in [4.78, 5) is 14.1. The summed E-state index contributed by atoms with van der Waals surface area (Å²) in [5.74, 6) is -2.39. The van der Waals surface area contributed by atoms with E-state index in [0.717, 1.165) is 17.1 Å². The van der Waals surface area contributed by atoms with Crippen LogP contribution in [0.2, 0.25) is 0 Å². The Morgan fingerprint density at radius 3 is 2.82 bits per heavy atom. The average molecular weight is 232 g/mol. The van der Waals surface area contributed by atoms with Crippen molar-refractivity contribution in [3.8, 4) is 11.8 Å². The molecule has 0 saturated carbocycles. The van der Waals surface area contributed by atoms with Crippen molar-refractivity contribution in [2.45, 2.75) is 0 Å². The molecule has 1 aromatic heterocycles. The summed E-state index contributed by atoms with van der Waals surface area (Å²) in [6, 6.07) is 5.56. The van der Waals surface area contributed by atoms with E-state index < -0.39 is 17.6 Å². The van der Waals surface area contributed by atoms with Crippen molar-refractivity contribution >= 4 is 5.97 Å². The molecule has 0 atom stereocenters. The van der Waals surface area contributed by atoms with Gasteiger partial charge in [-0.1, -0.05) is 0 Å². The van der Waals surface area contributed by atoms with E-state index in [2.05, 4.69) is 10.1 Å². The molecule has 84 valence electrons. The molecule has 0 aliphatic rings. The fraction of sp³-hybridized carbons (Fsp3) is 0. The van der Waals surface area contributed by atoms with E-state index in [1.807, 2.05) is 0 Å². The number of halogens is 1. The third-order valence-electron chi connectivity index (χ3n) is 2.01. The molecule has 0 radical (unpaired) electrons. The third kappa shape index (κ3) is 1.96. The highest BCUT2D eigenvalue weighted by Crippen LogP contribution is 2.13. The van der Waals surface area contributed by atoms with Gasteiger partial charge < -0.3 is 5.11 Å². The zero-order chi connectivity index (χ0) is 12.4. The molecule has 0 unspecified atom stereocenters. The number of hydrogen-bond acceptors (Lipinski definition) is 4. The fourth-order valence-electron chi connectivity index (χ4n) is 1.24. The normalized spacial score (nSPS) is 9.88. The molecular weight excluding hydrogens is 227 g/mol. The van der Waals surface area contributed by atoms with Crippen LogP contribution in [0.15, 0.2) is 24.5 Å². The molecule has 0 aliphatic heterocycles. The Balaban J connectivity index is 2.46. The molecule has 7 heteroatoms. The maximum absolute atomic E-state index is 13.5. The van der Waals surface area contributed by atoms with Gasteiger partial charge in [0.2, 0.25) is 0 Å². The van der Waals surface area contributed by atoms with Crippen molar-refractivity contribution in [1.82, 2.24) is 14.8 Å². The number of benzene rings is 1. The minimum Gasteiger partial charge on any atom is -0.475 e. The topological polar surface area (TPSA) is 91.8 Å². The maximum Gasteiger partial charge on any atom is 0.375 e. The summed E-state index contributed by atoms with van der Waals surface area (Å²) in [5, 5.41) is 20.8. The number of rotatable bonds is 2. The molecule has 2 aromatic rings. The molecule has 1 N–H and O–H groups in total. The number of carboxylic acids is 1. The second-order valence-corrected chi connectivity index (χ2v) is 3.10. The quantitative estimate of drug-likeness (QED) is 0.833. The van der Waals surface area contributed by atoms with E-state index in [1.165, 1.54) is 12.1 Å². The van der Waals surface area contributed by atoms with Gasteiger partial charge in [0, 0.05) is 0 Å². The SMILES string of the molecule is N#Cc1ccc(-n2cnc(C(=O)O)n2)c(F)c1. The zero-order valence-electron chi connectivity index (χ0n) is 8.33. The lowest BCUT2D eigenvalue weighted by Gasteiger charge is -2.01. The number of hydrogen-bond donors (Lipinski definition) is 1. The molecule has 17 heavy (non-hydrogen) atoms. The summed E-state index contributed by atoms with van der Waals surface area (Å²) >= 11 is 0. The predicted molar refractivity (Wildman–Crippen MR) is 53.0 cm³/mol. The van der Waals surface area contributed by atoms with Crippen molar-refractivity contribution in [2.75, 3.05) is 0 Å². The van der Waals surface area contributed by atoms with Crippen LogP contribution in [0.1, 0.15) is 16.2 Å². The first-order valence-electron chi connectivity index (χ1n) is 4.47. The Hall–Kier alpha value is -2.75. The van der Waals surface area contributed by atoms with Crippen LogP contribution in [0, 0.1) is 17.1 Å². The number of nitrogens with zero attached hydrogens (tertiary/aromatic N) is 4. The Kier molecular flexibility index (Phi) is 2.54. The van der Waals surface area contributed by atoms with Gasteiger partial charge in [-0.25, -0.2) is 18.9 Å². The monoisotopic (exact) mass is 232 g/mol. The van der Waals surface area contributed by atoms with Gasteiger partial charge in [-0.3, -0.25) is 0 Å². The molecule has 0 amide bonds. The number of carboxylic acid groups (broad SMARTS) is 1. The Morgan fingerprint density at radius 2 is 2.29 bits per heavy atom. The number of aromatic nitrogens is 3. The molecule has 1 aromatic carbocycles. The zero-order valence-corrected chi connectivity index (χ0v) is 8.33. The van der Waals surface area contributed by atoms with Gasteiger partial charge >= 0.3 is 5.97 Å². The Morgan fingerprint density at radius 1 is 1.53 bits per heavy atom. The largest absolute Gasteiger partial charge is 0.475 e. The fourth-order valence-corrected chi connectivity index (χ4v) is 1.24. The van der Waals surface area contributed by atoms with E-state index in [4.69, 9.17) is 10.4 Å². The molecule has 0 aliphatic carbocycles. The van der Waals surface area contributed by atoms with E-state index in [-0.39, 0.29) is 11.3 Å². The molecule has 0 saturated heterocycles. The van der Waals surface area contributed by atoms with Crippen LogP contribution in [0.5, 0.6) is 0 Å². The van der Waals surface area contributed by atoms with Crippen molar-refractivity contribution in [1.29, 1.82) is 5.26 Å². The van der Waals surface area contributed by atoms with Crippen molar-refractivity contribution < 1.29 is 14.3 Å². The lowest BCUT2D eigenvalue weighted by molar-refractivity contribution is 0.0683. The van der Waals surface area contributed by atoms with Crippen LogP contribution < -0.4 is 0 Å². The minimum absolute atomic E-state index is 0.0315. The van der Waals surface area contributed by atoms with Gasteiger partial charge in [0.05, 0.1) is 11.6 Å². The third-order valence-corrected chi connectivity index (χ3v) is 2.01. The number of nitriles is 1. The van der Waals surface area contributed by atoms with Gasteiger partial charge in [0.25, 0.3) is 5.82 Å². The van der Waals surface area contributed by atoms with E-state index in [0.29, 0.717) is 0 Å². The van der Waals surface area contributed by atoms with Gasteiger partial charge in [0.1, 0.15) is 17.8 Å². The smallest absolute Gasteiger partial charge is 0.375 e. The van der Waals surface area contributed by atoms with Crippen molar-refractivity contribution in [2.24, 2.45) is 0 Å². The average Bonchev–Trinajstić information content (AvgIpc) is 2.78. The highest BCUT2D eigenvalue weighted by Gasteiger charge is 2.12. The minimum atomic E-state index is -1.29. The molecule has 1 heterocycles. The summed E-state index contributed by atoms with van der Waals surface area (Å²) < 4.78 is 14.5. The van der Waals surface area contributed by atoms with E-state index in [1.54, 1.807) is 6.07 Å². The number of carbonyl (C=O) groups is 1. The van der Waals surface area contributed by atoms with Crippen molar-refractivity contribution in [3.63, 3.8) is 0 Å². The molecule has 0 fully saturated rings. The first-order chi connectivity index (χ1) is 8.11. The predicted octanol–water partition coefficient (Wildman–Crippen LogP) is 0.976. The van der Waals surface area contributed by atoms with Gasteiger partial charge in [-0.15, -0.1) is 5.10 Å². The van der Waals surface area contributed by atoms with Gasteiger partial charge in [-0.05, 0) is 18.2 Å². The first kappa shape index (κ1) is 10.8. The van der Waals surface area contributed by atoms with Gasteiger partial charge in [0.15, 0.2) is 0 Å². The lowest BCUT2D eigenvalue weighted by Crippen LogP contribution is -2.03. The van der Waals surface area contributed by atoms with Crippen molar-refractivity contribution in [3.05, 3.63) is 41.7 Å². The summed E-state index contributed by atoms with van der Waals surface area (Å²) in [5.41, 5.74) is 0.203. The molecule has 2 rings (SSSR count). The maximum atomic E-state index is 13.5. The second kappa shape index (κ2) is 4.02. The van der Waals surface area contributed by atoms with Crippen LogP contribution in [-0.2, 0) is 0 Å². The lowest BCUT2D eigenvalue weighted by atomic mass is 10.2. The van der Waals surface area contributed by atoms with Gasteiger partial charge in [-0.2, -0.15) is 5.26 Å². The first-order valence-corrected chi connectivity index (χ1v) is 4.47. The summed E-state index contributed by atoms with van der Waals surface area (Å²) in [6.45, 7) is 0. The van der Waals surface area contributed by atoms with Crippen LogP contribution >= 0.6 is 0 Å². The number of aromatic carboxylic acids is 1. The van der Waals surface area contributed by atoms with Crippen LogP contribution in [-0.4, -0.2) is 25.8 Å². The molecule has 6 nitrogen and oxygen atoms in total. The molecular formula is C10H5FN4O2. The van der Waals surface area contributed by atoms with Crippen LogP contribution in [0.25, 0.3) is 5.69 Å². The standard InChI is InChI=1S/C10H5FN4O2/c11-7-3-6(4-12)1-2-8(7)15-5-13-9(14-15)10(16)17/h1-3,5H,(H,16,17). The molecule has 0 bridgehead atoms. The Bertz CT molecular complexity index is 629. The highest BCUT2D eigenvalue weighted by molar-refractivity contribution is 5.82. The Labute approximate surface area is 94.6 Å². The van der Waals surface area contributed by atoms with Crippen LogP contribution in [0.4, 0.5) is 4.39 Å². The van der Waals surface area contributed by atoms with E-state index >= 15 is 0 Å². The van der Waals surface area contributed by atoms with E-state index in [9.17, 15) is 9.18 Å². The second-order valence-electron chi connectivity index (χ2n) is 3.10. The van der Waals surface area contributed by atoms with Crippen LogP contribution in [0.3, 0.4) is 0 Å². The summed E-state index contributed by atoms with van der Waals surface area (Å²) in [6.07, 6.45) is 1.09. The summed E-state index contributed by atoms with van der Waals surface area (Å²) in [7, 11) is 0. The highest BCUT2D eigenvalue weighted by atomic mass is 19.1. The molecule has 0 spiro atoms.